The fraction of sp³-hybridized carbons (Fsp3) is 0.400. The van der Waals surface area contributed by atoms with Crippen LogP contribution in [0.25, 0.3) is 11.0 Å². The van der Waals surface area contributed by atoms with Crippen LogP contribution in [0.1, 0.15) is 48.2 Å². The SMILES string of the molecule is CC(C)C(=O)N1Cc2ccccc2C[C@H]1CN1CCN(c2ccc(C(=O)CS(=O)(=O)c3ccc(NCC4CCOCC4)c([N+](=O)[O-])c3)c(Oc3cnc4[nH]ccc4c3)c2)CC1. The number of nitro benzene ring substituents is 1. The first kappa shape index (κ1) is 41.9. The lowest BCUT2D eigenvalue weighted by atomic mass is 9.92. The van der Waals surface area contributed by atoms with Gasteiger partial charge >= 0.3 is 0 Å². The molecular formula is C45H51N7O8S. The van der Waals surface area contributed by atoms with Crippen LogP contribution < -0.4 is 15.0 Å². The largest absolute Gasteiger partial charge is 0.455 e. The van der Waals surface area contributed by atoms with Gasteiger partial charge in [0.25, 0.3) is 5.69 Å². The van der Waals surface area contributed by atoms with E-state index in [4.69, 9.17) is 9.47 Å². The Hall–Kier alpha value is -5.84. The molecule has 5 aromatic rings. The molecule has 1 atom stereocenters. The minimum Gasteiger partial charge on any atom is -0.455 e. The highest BCUT2D eigenvalue weighted by molar-refractivity contribution is 7.92. The molecule has 2 fully saturated rings. The maximum absolute atomic E-state index is 14.0. The first-order valence-electron chi connectivity index (χ1n) is 20.9. The number of carbonyl (C=O) groups is 2. The summed E-state index contributed by atoms with van der Waals surface area (Å²) >= 11 is 0. The van der Waals surface area contributed by atoms with E-state index >= 15 is 0 Å². The Bertz CT molecular complexity index is 2530. The van der Waals surface area contributed by atoms with E-state index < -0.39 is 26.3 Å². The summed E-state index contributed by atoms with van der Waals surface area (Å²) in [6.45, 7) is 9.87. The van der Waals surface area contributed by atoms with Crippen molar-refractivity contribution in [1.29, 1.82) is 0 Å². The van der Waals surface area contributed by atoms with Crippen molar-refractivity contribution in [2.45, 2.75) is 50.6 Å². The number of rotatable bonds is 14. The first-order chi connectivity index (χ1) is 29.4. The standard InChI is InChI=1S/C45H51N7O8S/c1-30(2)45(54)51-27-34-6-4-3-5-32(34)21-36(51)28-49-15-17-50(18-16-49)35-7-9-39(43(23-35)60-37-22-33-11-14-46-44(33)48-26-37)42(53)29-61(57,58)38-8-10-40(41(24-38)52(55)56)47-25-31-12-19-59-20-13-31/h3-11,14,22-24,26,30-31,36,47H,12-13,15-21,25,27-29H2,1-2H3,(H,46,48)/t36-/m0/s1. The summed E-state index contributed by atoms with van der Waals surface area (Å²) in [5.74, 6) is -0.779. The van der Waals surface area contributed by atoms with Crippen molar-refractivity contribution >= 4 is 49.6 Å². The van der Waals surface area contributed by atoms with Gasteiger partial charge in [0.15, 0.2) is 15.6 Å². The molecule has 320 valence electrons. The predicted octanol–water partition coefficient (Wildman–Crippen LogP) is 6.49. The summed E-state index contributed by atoms with van der Waals surface area (Å²) in [5.41, 5.74) is 3.83. The van der Waals surface area contributed by atoms with Crippen molar-refractivity contribution in [2.24, 2.45) is 11.8 Å². The van der Waals surface area contributed by atoms with Crippen LogP contribution in [0.3, 0.4) is 0 Å². The minimum atomic E-state index is -4.32. The lowest BCUT2D eigenvalue weighted by Crippen LogP contribution is -2.55. The zero-order valence-electron chi connectivity index (χ0n) is 34.4. The number of H-pyrrole nitrogens is 1. The molecule has 15 nitrogen and oxygen atoms in total. The number of hydrogen-bond acceptors (Lipinski definition) is 12. The van der Waals surface area contributed by atoms with Crippen molar-refractivity contribution in [3.8, 4) is 11.5 Å². The molecule has 61 heavy (non-hydrogen) atoms. The zero-order chi connectivity index (χ0) is 42.7. The molecule has 3 aromatic carbocycles. The van der Waals surface area contributed by atoms with Crippen LogP contribution in [0.15, 0.2) is 90.1 Å². The minimum absolute atomic E-state index is 0.0527. The highest BCUT2D eigenvalue weighted by Crippen LogP contribution is 2.34. The molecule has 5 heterocycles. The number of aromatic amines is 1. The smallest absolute Gasteiger partial charge is 0.293 e. The highest BCUT2D eigenvalue weighted by atomic mass is 32.2. The van der Waals surface area contributed by atoms with Crippen molar-refractivity contribution in [3.63, 3.8) is 0 Å². The molecule has 16 heteroatoms. The van der Waals surface area contributed by atoms with Gasteiger partial charge in [0.2, 0.25) is 5.91 Å². The number of nitrogens with one attached hydrogen (secondary N) is 2. The number of aromatic nitrogens is 2. The lowest BCUT2D eigenvalue weighted by molar-refractivity contribution is -0.384. The topological polar surface area (TPSA) is 180 Å². The number of Topliss-reactive ketones (excluding diaryl/α,β-unsaturated/α-hetero) is 1. The van der Waals surface area contributed by atoms with Gasteiger partial charge in [-0.2, -0.15) is 0 Å². The van der Waals surface area contributed by atoms with Crippen molar-refractivity contribution in [1.82, 2.24) is 19.8 Å². The molecule has 0 bridgehead atoms. The number of ether oxygens (including phenoxy) is 2. The molecule has 3 aliphatic heterocycles. The molecule has 0 unspecified atom stereocenters. The Labute approximate surface area is 355 Å². The van der Waals surface area contributed by atoms with Crippen LogP contribution in [-0.2, 0) is 32.3 Å². The molecule has 3 aliphatic rings. The molecule has 2 aromatic heterocycles. The number of nitrogens with zero attached hydrogens (tertiary/aromatic N) is 5. The number of nitro groups is 1. The summed E-state index contributed by atoms with van der Waals surface area (Å²) in [7, 11) is -4.32. The summed E-state index contributed by atoms with van der Waals surface area (Å²) < 4.78 is 39.3. The monoisotopic (exact) mass is 849 g/mol. The third kappa shape index (κ3) is 9.56. The van der Waals surface area contributed by atoms with E-state index in [-0.39, 0.29) is 51.4 Å². The Morgan fingerprint density at radius 3 is 2.52 bits per heavy atom. The van der Waals surface area contributed by atoms with Crippen LogP contribution in [-0.4, -0.2) is 109 Å². The summed E-state index contributed by atoms with van der Waals surface area (Å²) in [4.78, 5) is 52.6. The van der Waals surface area contributed by atoms with Gasteiger partial charge in [-0.1, -0.05) is 38.1 Å². The lowest BCUT2D eigenvalue weighted by Gasteiger charge is -2.43. The quantitative estimate of drug-likeness (QED) is 0.0706. The number of sulfone groups is 1. The van der Waals surface area contributed by atoms with Crippen LogP contribution >= 0.6 is 0 Å². The first-order valence-corrected chi connectivity index (χ1v) is 22.5. The molecule has 2 N–H and O–H groups in total. The van der Waals surface area contributed by atoms with Crippen LogP contribution in [0.4, 0.5) is 17.1 Å². The predicted molar refractivity (Wildman–Crippen MR) is 232 cm³/mol. The average Bonchev–Trinajstić information content (AvgIpc) is 3.73. The van der Waals surface area contributed by atoms with E-state index in [1.807, 2.05) is 30.9 Å². The fourth-order valence-corrected chi connectivity index (χ4v) is 9.73. The summed E-state index contributed by atoms with van der Waals surface area (Å²) in [5, 5.41) is 16.0. The van der Waals surface area contributed by atoms with Crippen LogP contribution in [0, 0.1) is 22.0 Å². The number of amides is 1. The number of pyridine rings is 1. The van der Waals surface area contributed by atoms with E-state index in [0.717, 1.165) is 56.0 Å². The van der Waals surface area contributed by atoms with Gasteiger partial charge in [0, 0.05) is 100 Å². The number of anilines is 2. The van der Waals surface area contributed by atoms with Crippen LogP contribution in [0.2, 0.25) is 0 Å². The maximum Gasteiger partial charge on any atom is 0.293 e. The van der Waals surface area contributed by atoms with E-state index in [2.05, 4.69) is 43.3 Å². The zero-order valence-corrected chi connectivity index (χ0v) is 35.2. The Morgan fingerprint density at radius 2 is 1.77 bits per heavy atom. The van der Waals surface area contributed by atoms with Gasteiger partial charge in [-0.3, -0.25) is 24.6 Å². The molecule has 0 spiro atoms. The average molecular weight is 850 g/mol. The highest BCUT2D eigenvalue weighted by Gasteiger charge is 2.33. The second-order valence-corrected chi connectivity index (χ2v) is 18.4. The van der Waals surface area contributed by atoms with E-state index in [1.54, 1.807) is 30.5 Å². The van der Waals surface area contributed by atoms with Gasteiger partial charge in [0.05, 0.1) is 21.6 Å². The number of ketones is 1. The Kier molecular flexibility index (Phi) is 12.4. The van der Waals surface area contributed by atoms with Crippen molar-refractivity contribution in [3.05, 3.63) is 112 Å². The van der Waals surface area contributed by atoms with Gasteiger partial charge in [-0.25, -0.2) is 13.4 Å². The number of hydrogen-bond donors (Lipinski definition) is 2. The second kappa shape index (κ2) is 18.0. The third-order valence-electron chi connectivity index (χ3n) is 12.0. The maximum atomic E-state index is 14.0. The van der Waals surface area contributed by atoms with E-state index in [1.165, 1.54) is 29.5 Å². The van der Waals surface area contributed by atoms with Gasteiger partial charge in [0.1, 0.15) is 28.6 Å². The molecule has 8 rings (SSSR count). The summed E-state index contributed by atoms with van der Waals surface area (Å²) in [6.07, 6.45) is 5.75. The van der Waals surface area contributed by atoms with Gasteiger partial charge in [-0.05, 0) is 72.7 Å². The normalized spacial score (nSPS) is 17.7. The van der Waals surface area contributed by atoms with Gasteiger partial charge < -0.3 is 29.6 Å². The van der Waals surface area contributed by atoms with Gasteiger partial charge in [-0.15, -0.1) is 0 Å². The van der Waals surface area contributed by atoms with Crippen molar-refractivity contribution < 1.29 is 32.4 Å². The Morgan fingerprint density at radius 1 is 1.00 bits per heavy atom. The fourth-order valence-electron chi connectivity index (χ4n) is 8.50. The molecule has 0 radical (unpaired) electrons. The van der Waals surface area contributed by atoms with Crippen molar-refractivity contribution in [2.75, 3.05) is 68.5 Å². The number of piperazine rings is 1. The molecule has 2 saturated heterocycles. The molecule has 0 aliphatic carbocycles. The molecular weight excluding hydrogens is 799 g/mol. The Balaban J connectivity index is 0.993. The molecule has 1 amide bonds. The third-order valence-corrected chi connectivity index (χ3v) is 13.6. The molecule has 0 saturated carbocycles. The van der Waals surface area contributed by atoms with E-state index in [0.29, 0.717) is 50.8 Å². The summed E-state index contributed by atoms with van der Waals surface area (Å²) in [6, 6.07) is 20.9. The van der Waals surface area contributed by atoms with E-state index in [9.17, 15) is 28.1 Å². The number of fused-ring (bicyclic) bond motifs is 2. The number of carbonyl (C=O) groups excluding carboxylic acids is 2. The van der Waals surface area contributed by atoms with Crippen LogP contribution in [0.5, 0.6) is 11.5 Å². The number of benzene rings is 3. The second-order valence-electron chi connectivity index (χ2n) is 16.5.